The van der Waals surface area contributed by atoms with Crippen LogP contribution in [0.4, 0.5) is 0 Å². The summed E-state index contributed by atoms with van der Waals surface area (Å²) in [6.45, 7) is 4.13. The first-order valence-corrected chi connectivity index (χ1v) is 6.01. The highest BCUT2D eigenvalue weighted by Gasteiger charge is 2.08. The zero-order chi connectivity index (χ0) is 12.8. The predicted octanol–water partition coefficient (Wildman–Crippen LogP) is 1.93. The van der Waals surface area contributed by atoms with Crippen molar-refractivity contribution in [3.63, 3.8) is 0 Å². The third kappa shape index (κ3) is 4.71. The molecule has 2 N–H and O–H groups in total. The van der Waals surface area contributed by atoms with Crippen molar-refractivity contribution in [3.8, 4) is 0 Å². The number of carbonyl (C=O) groups excluding carboxylic acids is 1. The van der Waals surface area contributed by atoms with E-state index in [-0.39, 0.29) is 12.0 Å². The first-order chi connectivity index (χ1) is 8.02. The maximum atomic E-state index is 11.7. The molecular weight excluding hydrogens is 240 g/mol. The monoisotopic (exact) mass is 256 g/mol. The van der Waals surface area contributed by atoms with Gasteiger partial charge in [-0.05, 0) is 31.9 Å². The van der Waals surface area contributed by atoms with Gasteiger partial charge in [0.1, 0.15) is 5.15 Å². The van der Waals surface area contributed by atoms with Crippen LogP contribution < -0.4 is 5.32 Å². The van der Waals surface area contributed by atoms with Gasteiger partial charge in [0.05, 0.1) is 6.10 Å². The van der Waals surface area contributed by atoms with Crippen LogP contribution in [0.2, 0.25) is 5.15 Å². The largest absolute Gasteiger partial charge is 0.393 e. The summed E-state index contributed by atoms with van der Waals surface area (Å²) in [5.74, 6) is -0.194. The molecule has 4 nitrogen and oxygen atoms in total. The second-order valence-corrected chi connectivity index (χ2v) is 4.31. The number of aryl methyl sites for hydroxylation is 1. The standard InChI is InChI=1S/C12H17ClN2O2/c1-3-10(16)4-5-14-12(17)9-6-8(2)15-11(13)7-9/h6-7,10,16H,3-5H2,1-2H3,(H,14,17). The molecule has 0 saturated heterocycles. The van der Waals surface area contributed by atoms with Crippen molar-refractivity contribution in [2.45, 2.75) is 32.8 Å². The Bertz CT molecular complexity index is 376. The first-order valence-electron chi connectivity index (χ1n) is 5.63. The van der Waals surface area contributed by atoms with Gasteiger partial charge in [-0.15, -0.1) is 0 Å². The molecule has 0 radical (unpaired) electrons. The summed E-state index contributed by atoms with van der Waals surface area (Å²) in [7, 11) is 0. The lowest BCUT2D eigenvalue weighted by Gasteiger charge is -2.09. The second kappa shape index (κ2) is 6.57. The predicted molar refractivity (Wildman–Crippen MR) is 67.2 cm³/mol. The van der Waals surface area contributed by atoms with E-state index in [0.29, 0.717) is 35.8 Å². The number of carbonyl (C=O) groups is 1. The van der Waals surface area contributed by atoms with Crippen molar-refractivity contribution in [1.29, 1.82) is 0 Å². The summed E-state index contributed by atoms with van der Waals surface area (Å²) < 4.78 is 0. The number of amides is 1. The van der Waals surface area contributed by atoms with Crippen LogP contribution in [0, 0.1) is 6.92 Å². The van der Waals surface area contributed by atoms with E-state index in [0.717, 1.165) is 0 Å². The molecule has 0 aliphatic rings. The molecule has 0 bridgehead atoms. The number of nitrogens with zero attached hydrogens (tertiary/aromatic N) is 1. The van der Waals surface area contributed by atoms with E-state index in [1.54, 1.807) is 13.0 Å². The summed E-state index contributed by atoms with van der Waals surface area (Å²) in [6, 6.07) is 3.21. The number of rotatable bonds is 5. The fourth-order valence-corrected chi connectivity index (χ4v) is 1.67. The summed E-state index contributed by atoms with van der Waals surface area (Å²) >= 11 is 5.77. The van der Waals surface area contributed by atoms with Gasteiger partial charge in [0.2, 0.25) is 0 Å². The molecule has 1 aromatic heterocycles. The molecule has 0 spiro atoms. The molecule has 0 fully saturated rings. The number of aliphatic hydroxyl groups excluding tert-OH is 1. The van der Waals surface area contributed by atoms with Crippen molar-refractivity contribution >= 4 is 17.5 Å². The summed E-state index contributed by atoms with van der Waals surface area (Å²) in [6.07, 6.45) is 0.883. The van der Waals surface area contributed by atoms with Crippen molar-refractivity contribution in [2.75, 3.05) is 6.54 Å². The van der Waals surface area contributed by atoms with Gasteiger partial charge in [-0.2, -0.15) is 0 Å². The van der Waals surface area contributed by atoms with Gasteiger partial charge >= 0.3 is 0 Å². The number of aromatic nitrogens is 1. The number of halogens is 1. The minimum absolute atomic E-state index is 0.194. The Morgan fingerprint density at radius 3 is 2.88 bits per heavy atom. The number of aliphatic hydroxyl groups is 1. The van der Waals surface area contributed by atoms with Crippen LogP contribution in [-0.4, -0.2) is 28.6 Å². The van der Waals surface area contributed by atoms with E-state index >= 15 is 0 Å². The Balaban J connectivity index is 2.52. The SMILES string of the molecule is CCC(O)CCNC(=O)c1cc(C)nc(Cl)c1. The van der Waals surface area contributed by atoms with Gasteiger partial charge in [-0.25, -0.2) is 4.98 Å². The molecule has 1 atom stereocenters. The van der Waals surface area contributed by atoms with Crippen LogP contribution in [-0.2, 0) is 0 Å². The lowest BCUT2D eigenvalue weighted by molar-refractivity contribution is 0.0941. The Labute approximate surface area is 106 Å². The fraction of sp³-hybridized carbons (Fsp3) is 0.500. The van der Waals surface area contributed by atoms with Crippen LogP contribution in [0.3, 0.4) is 0 Å². The van der Waals surface area contributed by atoms with E-state index in [4.69, 9.17) is 11.6 Å². The van der Waals surface area contributed by atoms with Gasteiger partial charge in [-0.1, -0.05) is 18.5 Å². The zero-order valence-electron chi connectivity index (χ0n) is 10.0. The molecule has 0 aliphatic heterocycles. The third-order valence-electron chi connectivity index (χ3n) is 2.42. The highest BCUT2D eigenvalue weighted by molar-refractivity contribution is 6.29. The number of pyridine rings is 1. The fourth-order valence-electron chi connectivity index (χ4n) is 1.42. The minimum Gasteiger partial charge on any atom is -0.393 e. The average molecular weight is 257 g/mol. The third-order valence-corrected chi connectivity index (χ3v) is 2.61. The quantitative estimate of drug-likeness (QED) is 0.792. The maximum Gasteiger partial charge on any atom is 0.251 e. The molecule has 5 heteroatoms. The molecule has 0 aliphatic carbocycles. The van der Waals surface area contributed by atoms with Gasteiger partial charge in [0, 0.05) is 17.8 Å². The van der Waals surface area contributed by atoms with E-state index < -0.39 is 0 Å². The molecule has 1 amide bonds. The van der Waals surface area contributed by atoms with Crippen LogP contribution in [0.1, 0.15) is 35.8 Å². The van der Waals surface area contributed by atoms with Crippen LogP contribution in [0.15, 0.2) is 12.1 Å². The van der Waals surface area contributed by atoms with Crippen molar-refractivity contribution in [2.24, 2.45) is 0 Å². The Morgan fingerprint density at radius 2 is 2.29 bits per heavy atom. The molecule has 1 unspecified atom stereocenters. The maximum absolute atomic E-state index is 11.7. The molecule has 17 heavy (non-hydrogen) atoms. The molecular formula is C12H17ClN2O2. The van der Waals surface area contributed by atoms with Gasteiger partial charge in [-0.3, -0.25) is 4.79 Å². The van der Waals surface area contributed by atoms with E-state index in [1.807, 2.05) is 6.92 Å². The number of nitrogens with one attached hydrogen (secondary N) is 1. The molecule has 1 heterocycles. The molecule has 1 aromatic rings. The smallest absolute Gasteiger partial charge is 0.251 e. The van der Waals surface area contributed by atoms with E-state index in [2.05, 4.69) is 10.3 Å². The van der Waals surface area contributed by atoms with Crippen LogP contribution in [0.25, 0.3) is 0 Å². The zero-order valence-corrected chi connectivity index (χ0v) is 10.8. The summed E-state index contributed by atoms with van der Waals surface area (Å²) in [5, 5.41) is 12.4. The number of hydrogen-bond donors (Lipinski definition) is 2. The van der Waals surface area contributed by atoms with Gasteiger partial charge in [0.15, 0.2) is 0 Å². The second-order valence-electron chi connectivity index (χ2n) is 3.93. The minimum atomic E-state index is -0.363. The van der Waals surface area contributed by atoms with Gasteiger partial charge < -0.3 is 10.4 Å². The molecule has 0 aromatic carbocycles. The van der Waals surface area contributed by atoms with E-state index in [1.165, 1.54) is 6.07 Å². The summed E-state index contributed by atoms with van der Waals surface area (Å²) in [5.41, 5.74) is 1.20. The normalized spacial score (nSPS) is 12.2. The van der Waals surface area contributed by atoms with Crippen molar-refractivity contribution in [3.05, 3.63) is 28.5 Å². The molecule has 1 rings (SSSR count). The molecule has 94 valence electrons. The lowest BCUT2D eigenvalue weighted by Crippen LogP contribution is -2.27. The van der Waals surface area contributed by atoms with Crippen LogP contribution in [0.5, 0.6) is 0 Å². The molecule has 0 saturated carbocycles. The van der Waals surface area contributed by atoms with Gasteiger partial charge in [0.25, 0.3) is 5.91 Å². The lowest BCUT2D eigenvalue weighted by atomic mass is 10.2. The Morgan fingerprint density at radius 1 is 1.59 bits per heavy atom. The first kappa shape index (κ1) is 13.9. The van der Waals surface area contributed by atoms with E-state index in [9.17, 15) is 9.90 Å². The Kier molecular flexibility index (Phi) is 5.38. The van der Waals surface area contributed by atoms with Crippen molar-refractivity contribution in [1.82, 2.24) is 10.3 Å². The Hall–Kier alpha value is -1.13. The number of hydrogen-bond acceptors (Lipinski definition) is 3. The van der Waals surface area contributed by atoms with Crippen LogP contribution >= 0.6 is 11.6 Å². The average Bonchev–Trinajstić information content (AvgIpc) is 2.27. The highest BCUT2D eigenvalue weighted by atomic mass is 35.5. The highest BCUT2D eigenvalue weighted by Crippen LogP contribution is 2.10. The topological polar surface area (TPSA) is 62.2 Å². The summed E-state index contributed by atoms with van der Waals surface area (Å²) in [4.78, 5) is 15.7. The van der Waals surface area contributed by atoms with Crippen molar-refractivity contribution < 1.29 is 9.90 Å².